The Labute approximate surface area is 131 Å². The third-order valence-corrected chi connectivity index (χ3v) is 3.90. The lowest BCUT2D eigenvalue weighted by atomic mass is 10.1. The highest BCUT2D eigenvalue weighted by molar-refractivity contribution is 5.78. The topological polar surface area (TPSA) is 69.6 Å². The second-order valence-electron chi connectivity index (χ2n) is 5.74. The lowest BCUT2D eigenvalue weighted by Crippen LogP contribution is -2.34. The van der Waals surface area contributed by atoms with Gasteiger partial charge in [-0.3, -0.25) is 9.59 Å². The van der Waals surface area contributed by atoms with Crippen molar-refractivity contribution in [1.82, 2.24) is 10.2 Å². The molecule has 1 aromatic rings. The van der Waals surface area contributed by atoms with Gasteiger partial charge in [0.1, 0.15) is 5.75 Å². The van der Waals surface area contributed by atoms with Gasteiger partial charge >= 0.3 is 0 Å². The molecule has 0 radical (unpaired) electrons. The smallest absolute Gasteiger partial charge is 0.224 e. The monoisotopic (exact) mass is 304 g/mol. The predicted molar refractivity (Wildman–Crippen MR) is 84.5 cm³/mol. The molecule has 0 unspecified atom stereocenters. The van der Waals surface area contributed by atoms with Crippen LogP contribution in [0.15, 0.2) is 24.3 Å². The number of likely N-dealkylation sites (tertiary alicyclic amines) is 1. The molecular weight excluding hydrogens is 280 g/mol. The second kappa shape index (κ2) is 8.41. The van der Waals surface area contributed by atoms with E-state index in [9.17, 15) is 14.7 Å². The second-order valence-corrected chi connectivity index (χ2v) is 5.74. The summed E-state index contributed by atoms with van der Waals surface area (Å²) in [5, 5.41) is 12.1. The highest BCUT2D eigenvalue weighted by Gasteiger charge is 2.15. The lowest BCUT2D eigenvalue weighted by molar-refractivity contribution is -0.130. The van der Waals surface area contributed by atoms with Gasteiger partial charge in [0.15, 0.2) is 0 Å². The molecule has 5 heteroatoms. The molecule has 0 atom stereocenters. The van der Waals surface area contributed by atoms with E-state index in [2.05, 4.69) is 5.32 Å². The number of nitrogens with one attached hydrogen (secondary N) is 1. The SMILES string of the molecule is O=C(Cc1ccc(O)cc1)NCCCN1CCCCCC1=O. The molecule has 0 aliphatic carbocycles. The van der Waals surface area contributed by atoms with Crippen LogP contribution in [0.3, 0.4) is 0 Å². The van der Waals surface area contributed by atoms with Gasteiger partial charge in [-0.2, -0.15) is 0 Å². The molecule has 0 aromatic heterocycles. The van der Waals surface area contributed by atoms with E-state index in [4.69, 9.17) is 0 Å². The first kappa shape index (κ1) is 16.3. The first-order valence-corrected chi connectivity index (χ1v) is 7.97. The summed E-state index contributed by atoms with van der Waals surface area (Å²) in [7, 11) is 0. The van der Waals surface area contributed by atoms with E-state index in [0.717, 1.165) is 44.3 Å². The Balaban J connectivity index is 1.64. The van der Waals surface area contributed by atoms with E-state index >= 15 is 0 Å². The average molecular weight is 304 g/mol. The largest absolute Gasteiger partial charge is 0.508 e. The number of rotatable bonds is 6. The third-order valence-electron chi connectivity index (χ3n) is 3.90. The fourth-order valence-corrected chi connectivity index (χ4v) is 2.63. The van der Waals surface area contributed by atoms with Gasteiger partial charge in [-0.1, -0.05) is 18.6 Å². The molecule has 0 bridgehead atoms. The summed E-state index contributed by atoms with van der Waals surface area (Å²) in [5.74, 6) is 0.409. The van der Waals surface area contributed by atoms with Crippen LogP contribution in [0.2, 0.25) is 0 Å². The molecule has 2 N–H and O–H groups in total. The fourth-order valence-electron chi connectivity index (χ4n) is 2.63. The van der Waals surface area contributed by atoms with Crippen molar-refractivity contribution in [2.45, 2.75) is 38.5 Å². The summed E-state index contributed by atoms with van der Waals surface area (Å²) in [5.41, 5.74) is 0.873. The maximum Gasteiger partial charge on any atom is 0.224 e. The van der Waals surface area contributed by atoms with Crippen LogP contribution < -0.4 is 5.32 Å². The summed E-state index contributed by atoms with van der Waals surface area (Å²) >= 11 is 0. The maximum atomic E-state index is 11.8. The molecule has 1 saturated heterocycles. The van der Waals surface area contributed by atoms with Gasteiger partial charge in [0.25, 0.3) is 0 Å². The van der Waals surface area contributed by atoms with Gasteiger partial charge < -0.3 is 15.3 Å². The Morgan fingerprint density at radius 3 is 2.73 bits per heavy atom. The van der Waals surface area contributed by atoms with Gasteiger partial charge in [-0.25, -0.2) is 0 Å². The van der Waals surface area contributed by atoms with Crippen molar-refractivity contribution in [3.05, 3.63) is 29.8 Å². The van der Waals surface area contributed by atoms with Crippen molar-refractivity contribution in [3.8, 4) is 5.75 Å². The van der Waals surface area contributed by atoms with E-state index in [-0.39, 0.29) is 17.6 Å². The Hall–Kier alpha value is -2.04. The van der Waals surface area contributed by atoms with Gasteiger partial charge in [0.05, 0.1) is 6.42 Å². The minimum atomic E-state index is -0.0344. The summed E-state index contributed by atoms with van der Waals surface area (Å²) in [6, 6.07) is 6.64. The quantitative estimate of drug-likeness (QED) is 0.788. The Kier molecular flexibility index (Phi) is 6.25. The van der Waals surface area contributed by atoms with Crippen molar-refractivity contribution < 1.29 is 14.7 Å². The molecule has 1 aliphatic heterocycles. The zero-order chi connectivity index (χ0) is 15.8. The van der Waals surface area contributed by atoms with E-state index < -0.39 is 0 Å². The number of benzene rings is 1. The highest BCUT2D eigenvalue weighted by Crippen LogP contribution is 2.11. The first-order valence-electron chi connectivity index (χ1n) is 7.97. The van der Waals surface area contributed by atoms with Gasteiger partial charge in [0, 0.05) is 26.1 Å². The zero-order valence-corrected chi connectivity index (χ0v) is 12.9. The third kappa shape index (κ3) is 5.39. The molecule has 1 aliphatic rings. The summed E-state index contributed by atoms with van der Waals surface area (Å²) in [6.45, 7) is 2.15. The number of carbonyl (C=O) groups excluding carboxylic acids is 2. The van der Waals surface area contributed by atoms with Crippen LogP contribution in [0.4, 0.5) is 0 Å². The minimum Gasteiger partial charge on any atom is -0.508 e. The van der Waals surface area contributed by atoms with Crippen LogP contribution in [0.25, 0.3) is 0 Å². The lowest BCUT2D eigenvalue weighted by Gasteiger charge is -2.20. The van der Waals surface area contributed by atoms with Crippen LogP contribution >= 0.6 is 0 Å². The Morgan fingerprint density at radius 1 is 1.18 bits per heavy atom. The van der Waals surface area contributed by atoms with Crippen LogP contribution in [-0.2, 0) is 16.0 Å². The number of amides is 2. The first-order chi connectivity index (χ1) is 10.6. The summed E-state index contributed by atoms with van der Waals surface area (Å²) in [4.78, 5) is 25.6. The molecular formula is C17H24N2O3. The number of phenolic OH excluding ortho intramolecular Hbond substituents is 1. The van der Waals surface area contributed by atoms with Gasteiger partial charge in [-0.15, -0.1) is 0 Å². The molecule has 2 rings (SSSR count). The normalized spacial score (nSPS) is 15.5. The van der Waals surface area contributed by atoms with Gasteiger partial charge in [0.2, 0.25) is 11.8 Å². The van der Waals surface area contributed by atoms with E-state index in [0.29, 0.717) is 19.4 Å². The van der Waals surface area contributed by atoms with Crippen molar-refractivity contribution in [2.24, 2.45) is 0 Å². The number of phenols is 1. The number of aromatic hydroxyl groups is 1. The van der Waals surface area contributed by atoms with Crippen LogP contribution in [0, 0.1) is 0 Å². The van der Waals surface area contributed by atoms with Crippen molar-refractivity contribution >= 4 is 11.8 Å². The molecule has 1 aromatic carbocycles. The van der Waals surface area contributed by atoms with E-state index in [1.165, 1.54) is 0 Å². The molecule has 1 fully saturated rings. The van der Waals surface area contributed by atoms with E-state index in [1.54, 1.807) is 24.3 Å². The van der Waals surface area contributed by atoms with Crippen LogP contribution in [0.1, 0.15) is 37.7 Å². The number of nitrogens with zero attached hydrogens (tertiary/aromatic N) is 1. The zero-order valence-electron chi connectivity index (χ0n) is 12.9. The van der Waals surface area contributed by atoms with Gasteiger partial charge in [-0.05, 0) is 37.0 Å². The molecule has 0 spiro atoms. The summed E-state index contributed by atoms with van der Waals surface area (Å²) < 4.78 is 0. The molecule has 5 nitrogen and oxygen atoms in total. The summed E-state index contributed by atoms with van der Waals surface area (Å²) in [6.07, 6.45) is 4.96. The fraction of sp³-hybridized carbons (Fsp3) is 0.529. The maximum absolute atomic E-state index is 11.8. The number of hydrogen-bond donors (Lipinski definition) is 2. The van der Waals surface area contributed by atoms with Crippen molar-refractivity contribution in [2.75, 3.05) is 19.6 Å². The molecule has 1 heterocycles. The molecule has 2 amide bonds. The Bertz CT molecular complexity index is 499. The highest BCUT2D eigenvalue weighted by atomic mass is 16.3. The molecule has 22 heavy (non-hydrogen) atoms. The molecule has 0 saturated carbocycles. The van der Waals surface area contributed by atoms with Crippen LogP contribution in [0.5, 0.6) is 5.75 Å². The molecule has 120 valence electrons. The standard InChI is InChI=1S/C17H24N2O3/c20-15-8-6-14(7-9-15)13-16(21)18-10-4-12-19-11-3-1-2-5-17(19)22/h6-9,20H,1-5,10-13H2,(H,18,21). The average Bonchev–Trinajstić information content (AvgIpc) is 2.71. The number of hydrogen-bond acceptors (Lipinski definition) is 3. The van der Waals surface area contributed by atoms with Crippen LogP contribution in [-0.4, -0.2) is 41.5 Å². The van der Waals surface area contributed by atoms with Crippen molar-refractivity contribution in [1.29, 1.82) is 0 Å². The number of carbonyl (C=O) groups is 2. The van der Waals surface area contributed by atoms with E-state index in [1.807, 2.05) is 4.90 Å². The predicted octanol–water partition coefficient (Wildman–Crippen LogP) is 1.84. The van der Waals surface area contributed by atoms with Crippen molar-refractivity contribution in [3.63, 3.8) is 0 Å². The Morgan fingerprint density at radius 2 is 1.95 bits per heavy atom. The minimum absolute atomic E-state index is 0.0344.